The Kier molecular flexibility index (Phi) is 5.09. The minimum absolute atomic E-state index is 0.0745. The van der Waals surface area contributed by atoms with Crippen molar-refractivity contribution in [3.8, 4) is 0 Å². The molecule has 0 bridgehead atoms. The number of Topliss-reactive ketones (excluding diaryl/α,β-unsaturated/α-hetero) is 1. The Morgan fingerprint density at radius 1 is 1.30 bits per heavy atom. The molecule has 3 rings (SSSR count). The molecule has 0 N–H and O–H groups in total. The zero-order valence-corrected chi connectivity index (χ0v) is 14.1. The SMILES string of the molecule is Cc1cc(Cl)ccc1C(=O)[C@H]1CCCN(Cc2ccncc2)C1. The maximum Gasteiger partial charge on any atom is 0.167 e. The maximum absolute atomic E-state index is 12.9. The number of pyridine rings is 1. The molecule has 1 saturated heterocycles. The first-order valence-electron chi connectivity index (χ1n) is 8.05. The smallest absolute Gasteiger partial charge is 0.167 e. The molecule has 4 heteroatoms. The Morgan fingerprint density at radius 3 is 2.83 bits per heavy atom. The summed E-state index contributed by atoms with van der Waals surface area (Å²) in [5, 5.41) is 0.682. The van der Waals surface area contributed by atoms with Crippen molar-refractivity contribution in [1.82, 2.24) is 9.88 Å². The van der Waals surface area contributed by atoms with Crippen molar-refractivity contribution < 1.29 is 4.79 Å². The van der Waals surface area contributed by atoms with Crippen molar-refractivity contribution in [2.45, 2.75) is 26.3 Å². The van der Waals surface area contributed by atoms with E-state index in [1.807, 2.05) is 43.6 Å². The van der Waals surface area contributed by atoms with E-state index in [-0.39, 0.29) is 11.7 Å². The van der Waals surface area contributed by atoms with Gasteiger partial charge in [0.25, 0.3) is 0 Å². The number of likely N-dealkylation sites (tertiary alicyclic amines) is 1. The molecule has 0 radical (unpaired) electrons. The molecule has 1 fully saturated rings. The summed E-state index contributed by atoms with van der Waals surface area (Å²) in [6.07, 6.45) is 5.67. The molecule has 1 aliphatic heterocycles. The summed E-state index contributed by atoms with van der Waals surface area (Å²) in [5.41, 5.74) is 3.02. The van der Waals surface area contributed by atoms with Gasteiger partial charge in [-0.15, -0.1) is 0 Å². The van der Waals surface area contributed by atoms with E-state index in [1.54, 1.807) is 6.07 Å². The molecule has 2 aromatic rings. The lowest BCUT2D eigenvalue weighted by molar-refractivity contribution is 0.0811. The first kappa shape index (κ1) is 16.2. The van der Waals surface area contributed by atoms with Gasteiger partial charge < -0.3 is 0 Å². The van der Waals surface area contributed by atoms with E-state index in [2.05, 4.69) is 9.88 Å². The van der Waals surface area contributed by atoms with Crippen LogP contribution in [0, 0.1) is 12.8 Å². The van der Waals surface area contributed by atoms with Crippen molar-refractivity contribution >= 4 is 17.4 Å². The van der Waals surface area contributed by atoms with Gasteiger partial charge in [0, 0.05) is 42.0 Å². The van der Waals surface area contributed by atoms with Crippen LogP contribution in [-0.4, -0.2) is 28.8 Å². The Bertz CT molecular complexity index is 687. The van der Waals surface area contributed by atoms with Gasteiger partial charge in [-0.25, -0.2) is 0 Å². The second-order valence-corrected chi connectivity index (χ2v) is 6.69. The van der Waals surface area contributed by atoms with Crippen LogP contribution >= 0.6 is 11.6 Å². The molecule has 0 amide bonds. The third-order valence-corrected chi connectivity index (χ3v) is 4.72. The predicted octanol–water partition coefficient (Wildman–Crippen LogP) is 4.14. The number of aryl methyl sites for hydroxylation is 1. The summed E-state index contributed by atoms with van der Waals surface area (Å²) in [6, 6.07) is 9.61. The van der Waals surface area contributed by atoms with Crippen molar-refractivity contribution in [2.75, 3.05) is 13.1 Å². The molecular formula is C19H21ClN2O. The maximum atomic E-state index is 12.9. The highest BCUT2D eigenvalue weighted by molar-refractivity contribution is 6.30. The fourth-order valence-corrected chi connectivity index (χ4v) is 3.51. The Labute approximate surface area is 142 Å². The summed E-state index contributed by atoms with van der Waals surface area (Å²) in [5.74, 6) is 0.323. The van der Waals surface area contributed by atoms with E-state index in [4.69, 9.17) is 11.6 Å². The molecule has 23 heavy (non-hydrogen) atoms. The minimum atomic E-state index is 0.0745. The number of aromatic nitrogens is 1. The molecule has 1 atom stereocenters. The summed E-state index contributed by atoms with van der Waals surface area (Å²) in [4.78, 5) is 19.3. The van der Waals surface area contributed by atoms with Crippen LogP contribution in [0.2, 0.25) is 5.02 Å². The molecule has 0 aliphatic carbocycles. The van der Waals surface area contributed by atoms with E-state index in [0.717, 1.165) is 43.6 Å². The quantitative estimate of drug-likeness (QED) is 0.791. The third kappa shape index (κ3) is 3.98. The fraction of sp³-hybridized carbons (Fsp3) is 0.368. The second-order valence-electron chi connectivity index (χ2n) is 6.25. The molecule has 120 valence electrons. The van der Waals surface area contributed by atoms with Gasteiger partial charge in [-0.05, 0) is 67.8 Å². The monoisotopic (exact) mass is 328 g/mol. The van der Waals surface area contributed by atoms with E-state index >= 15 is 0 Å². The van der Waals surface area contributed by atoms with Crippen LogP contribution in [0.3, 0.4) is 0 Å². The van der Waals surface area contributed by atoms with Crippen LogP contribution in [0.4, 0.5) is 0 Å². The largest absolute Gasteiger partial charge is 0.298 e. The van der Waals surface area contributed by atoms with E-state index in [0.29, 0.717) is 5.02 Å². The summed E-state index contributed by atoms with van der Waals surface area (Å²) >= 11 is 6.00. The van der Waals surface area contributed by atoms with Gasteiger partial charge in [-0.3, -0.25) is 14.7 Å². The molecule has 1 aliphatic rings. The summed E-state index contributed by atoms with van der Waals surface area (Å²) < 4.78 is 0. The molecule has 0 saturated carbocycles. The van der Waals surface area contributed by atoms with Crippen LogP contribution in [0.1, 0.15) is 34.3 Å². The van der Waals surface area contributed by atoms with E-state index < -0.39 is 0 Å². The topological polar surface area (TPSA) is 33.2 Å². The molecule has 0 spiro atoms. The lowest BCUT2D eigenvalue weighted by atomic mass is 9.88. The number of benzene rings is 1. The Morgan fingerprint density at radius 2 is 2.09 bits per heavy atom. The second kappa shape index (κ2) is 7.24. The summed E-state index contributed by atoms with van der Waals surface area (Å²) in [6.45, 7) is 4.71. The zero-order chi connectivity index (χ0) is 16.2. The number of carbonyl (C=O) groups excluding carboxylic acids is 1. The lowest BCUT2D eigenvalue weighted by Crippen LogP contribution is -2.38. The normalized spacial score (nSPS) is 18.8. The Balaban J connectivity index is 1.69. The first-order valence-corrected chi connectivity index (χ1v) is 8.43. The van der Waals surface area contributed by atoms with Gasteiger partial charge in [0.15, 0.2) is 5.78 Å². The number of ketones is 1. The molecule has 1 aromatic heterocycles. The van der Waals surface area contributed by atoms with Gasteiger partial charge in [0.1, 0.15) is 0 Å². The number of rotatable bonds is 4. The van der Waals surface area contributed by atoms with Crippen molar-refractivity contribution in [3.63, 3.8) is 0 Å². The minimum Gasteiger partial charge on any atom is -0.298 e. The van der Waals surface area contributed by atoms with Crippen LogP contribution in [-0.2, 0) is 6.54 Å². The lowest BCUT2D eigenvalue weighted by Gasteiger charge is -2.32. The molecule has 3 nitrogen and oxygen atoms in total. The van der Waals surface area contributed by atoms with Gasteiger partial charge in [0.2, 0.25) is 0 Å². The highest BCUT2D eigenvalue weighted by Gasteiger charge is 2.27. The average molecular weight is 329 g/mol. The Hall–Kier alpha value is -1.71. The van der Waals surface area contributed by atoms with E-state index in [9.17, 15) is 4.79 Å². The van der Waals surface area contributed by atoms with Crippen LogP contribution in [0.25, 0.3) is 0 Å². The number of halogens is 1. The molecule has 0 unspecified atom stereocenters. The number of hydrogen-bond acceptors (Lipinski definition) is 3. The van der Waals surface area contributed by atoms with Gasteiger partial charge >= 0.3 is 0 Å². The molecule has 1 aromatic carbocycles. The van der Waals surface area contributed by atoms with Crippen molar-refractivity contribution in [3.05, 3.63) is 64.4 Å². The third-order valence-electron chi connectivity index (χ3n) is 4.49. The highest BCUT2D eigenvalue weighted by atomic mass is 35.5. The van der Waals surface area contributed by atoms with Gasteiger partial charge in [-0.2, -0.15) is 0 Å². The zero-order valence-electron chi connectivity index (χ0n) is 13.3. The predicted molar refractivity (Wildman–Crippen MR) is 92.8 cm³/mol. The first-order chi connectivity index (χ1) is 11.1. The molecular weight excluding hydrogens is 308 g/mol. The standard InChI is InChI=1S/C19H21ClN2O/c1-14-11-17(20)4-5-18(14)19(23)16-3-2-10-22(13-16)12-15-6-8-21-9-7-15/h4-9,11,16H,2-3,10,12-13H2,1H3/t16-/m0/s1. The van der Waals surface area contributed by atoms with Crippen LogP contribution in [0.15, 0.2) is 42.7 Å². The number of hydrogen-bond donors (Lipinski definition) is 0. The molecule has 2 heterocycles. The summed E-state index contributed by atoms with van der Waals surface area (Å²) in [7, 11) is 0. The average Bonchev–Trinajstić information content (AvgIpc) is 2.55. The number of nitrogens with zero attached hydrogens (tertiary/aromatic N) is 2. The fourth-order valence-electron chi connectivity index (χ4n) is 3.28. The van der Waals surface area contributed by atoms with Crippen molar-refractivity contribution in [1.29, 1.82) is 0 Å². The van der Waals surface area contributed by atoms with Gasteiger partial charge in [0.05, 0.1) is 0 Å². The van der Waals surface area contributed by atoms with Crippen LogP contribution in [0.5, 0.6) is 0 Å². The van der Waals surface area contributed by atoms with Crippen LogP contribution < -0.4 is 0 Å². The highest BCUT2D eigenvalue weighted by Crippen LogP contribution is 2.25. The van der Waals surface area contributed by atoms with Crippen molar-refractivity contribution in [2.24, 2.45) is 5.92 Å². The number of carbonyl (C=O) groups is 1. The number of piperidine rings is 1. The van der Waals surface area contributed by atoms with Gasteiger partial charge in [-0.1, -0.05) is 11.6 Å². The van der Waals surface area contributed by atoms with E-state index in [1.165, 1.54) is 5.56 Å².